The van der Waals surface area contributed by atoms with Crippen molar-refractivity contribution in [2.75, 3.05) is 6.61 Å². The minimum absolute atomic E-state index is 0.00438. The van der Waals surface area contributed by atoms with E-state index in [1.165, 1.54) is 12.1 Å². The van der Waals surface area contributed by atoms with Gasteiger partial charge in [0.05, 0.1) is 10.0 Å². The molecule has 0 aliphatic heterocycles. The molecular weight excluding hydrogens is 299 g/mol. The molecule has 0 atom stereocenters. The van der Waals surface area contributed by atoms with Gasteiger partial charge >= 0.3 is 0 Å². The fraction of sp³-hybridized carbons (Fsp3) is 0.200. The number of hydrogen-bond acceptors (Lipinski definition) is 3. The van der Waals surface area contributed by atoms with Crippen LogP contribution in [0.25, 0.3) is 0 Å². The first-order valence-corrected chi connectivity index (χ1v) is 6.88. The van der Waals surface area contributed by atoms with E-state index in [1.807, 2.05) is 6.92 Å². The maximum absolute atomic E-state index is 10.0. The minimum atomic E-state index is -0.734. The second kappa shape index (κ2) is 6.35. The van der Waals surface area contributed by atoms with E-state index in [9.17, 15) is 10.2 Å². The van der Waals surface area contributed by atoms with Crippen molar-refractivity contribution < 1.29 is 14.9 Å². The van der Waals surface area contributed by atoms with Gasteiger partial charge < -0.3 is 14.9 Å². The molecule has 0 aromatic heterocycles. The average molecular weight is 313 g/mol. The standard InChI is InChI=1S/C15H14Cl2O3/c1-2-20-15(13-9(16)5-3-7-11(13)18)14-10(17)6-4-8-12(14)19/h3-8,15,18-19H,2H2,1H3. The van der Waals surface area contributed by atoms with Crippen molar-refractivity contribution in [2.24, 2.45) is 0 Å². The van der Waals surface area contributed by atoms with Crippen molar-refractivity contribution in [3.63, 3.8) is 0 Å². The van der Waals surface area contributed by atoms with Crippen LogP contribution in [-0.2, 0) is 4.74 Å². The lowest BCUT2D eigenvalue weighted by Crippen LogP contribution is -2.08. The molecule has 5 heteroatoms. The van der Waals surface area contributed by atoms with Gasteiger partial charge in [-0.3, -0.25) is 0 Å². The highest BCUT2D eigenvalue weighted by atomic mass is 35.5. The van der Waals surface area contributed by atoms with Gasteiger partial charge in [0, 0.05) is 17.7 Å². The first kappa shape index (κ1) is 15.0. The average Bonchev–Trinajstić information content (AvgIpc) is 2.38. The lowest BCUT2D eigenvalue weighted by Gasteiger charge is -2.22. The van der Waals surface area contributed by atoms with Crippen molar-refractivity contribution >= 4 is 23.2 Å². The Hall–Kier alpha value is -1.42. The van der Waals surface area contributed by atoms with E-state index >= 15 is 0 Å². The Morgan fingerprint density at radius 3 is 1.75 bits per heavy atom. The molecule has 2 N–H and O–H groups in total. The van der Waals surface area contributed by atoms with Gasteiger partial charge in [0.1, 0.15) is 17.6 Å². The van der Waals surface area contributed by atoms with Crippen LogP contribution in [0.2, 0.25) is 10.0 Å². The topological polar surface area (TPSA) is 49.7 Å². The Morgan fingerprint density at radius 2 is 1.40 bits per heavy atom. The van der Waals surface area contributed by atoms with E-state index in [2.05, 4.69) is 0 Å². The first-order chi connectivity index (χ1) is 9.56. The molecule has 0 heterocycles. The monoisotopic (exact) mass is 312 g/mol. The highest BCUT2D eigenvalue weighted by Gasteiger charge is 2.25. The molecule has 3 nitrogen and oxygen atoms in total. The maximum atomic E-state index is 10.0. The van der Waals surface area contributed by atoms with Gasteiger partial charge in [0.15, 0.2) is 0 Å². The number of aromatic hydroxyl groups is 2. The summed E-state index contributed by atoms with van der Waals surface area (Å²) in [5.41, 5.74) is 0.777. The van der Waals surface area contributed by atoms with Gasteiger partial charge in [-0.05, 0) is 31.2 Å². The molecule has 2 aromatic carbocycles. The molecule has 0 saturated carbocycles. The number of benzene rings is 2. The first-order valence-electron chi connectivity index (χ1n) is 6.12. The van der Waals surface area contributed by atoms with Gasteiger partial charge in [-0.25, -0.2) is 0 Å². The third-order valence-electron chi connectivity index (χ3n) is 2.92. The summed E-state index contributed by atoms with van der Waals surface area (Å²) in [5.74, 6) is -0.00876. The zero-order valence-corrected chi connectivity index (χ0v) is 12.3. The van der Waals surface area contributed by atoms with Crippen molar-refractivity contribution in [1.82, 2.24) is 0 Å². The predicted molar refractivity (Wildman–Crippen MR) is 79.7 cm³/mol. The molecule has 0 amide bonds. The molecule has 0 aliphatic carbocycles. The number of phenolic OH excluding ortho intramolecular Hbond substituents is 2. The fourth-order valence-electron chi connectivity index (χ4n) is 2.05. The van der Waals surface area contributed by atoms with Crippen LogP contribution in [0.15, 0.2) is 36.4 Å². The van der Waals surface area contributed by atoms with Crippen LogP contribution < -0.4 is 0 Å². The molecule has 0 spiro atoms. The van der Waals surface area contributed by atoms with E-state index in [0.717, 1.165) is 0 Å². The largest absolute Gasteiger partial charge is 0.508 e. The number of phenols is 2. The van der Waals surface area contributed by atoms with Crippen molar-refractivity contribution in [2.45, 2.75) is 13.0 Å². The van der Waals surface area contributed by atoms with Gasteiger partial charge in [-0.2, -0.15) is 0 Å². The zero-order chi connectivity index (χ0) is 14.7. The van der Waals surface area contributed by atoms with Crippen LogP contribution in [0.1, 0.15) is 24.2 Å². The summed E-state index contributed by atoms with van der Waals surface area (Å²) in [6.07, 6.45) is -0.734. The molecular formula is C15H14Cl2O3. The second-order valence-corrected chi connectivity index (χ2v) is 5.00. The van der Waals surface area contributed by atoms with Crippen molar-refractivity contribution in [1.29, 1.82) is 0 Å². The van der Waals surface area contributed by atoms with Gasteiger partial charge in [-0.15, -0.1) is 0 Å². The summed E-state index contributed by atoms with van der Waals surface area (Å²) in [7, 11) is 0. The van der Waals surface area contributed by atoms with E-state index in [1.54, 1.807) is 24.3 Å². The van der Waals surface area contributed by atoms with Crippen LogP contribution >= 0.6 is 23.2 Å². The number of halogens is 2. The van der Waals surface area contributed by atoms with Crippen LogP contribution in [0.3, 0.4) is 0 Å². The predicted octanol–water partition coefficient (Wildman–Crippen LogP) is 4.53. The Balaban J connectivity index is 2.63. The molecule has 20 heavy (non-hydrogen) atoms. The minimum Gasteiger partial charge on any atom is -0.508 e. The third-order valence-corrected chi connectivity index (χ3v) is 3.58. The van der Waals surface area contributed by atoms with E-state index in [4.69, 9.17) is 27.9 Å². The lowest BCUT2D eigenvalue weighted by molar-refractivity contribution is 0.0878. The highest BCUT2D eigenvalue weighted by molar-refractivity contribution is 6.32. The molecule has 0 bridgehead atoms. The molecule has 0 saturated heterocycles. The summed E-state index contributed by atoms with van der Waals surface area (Å²) in [4.78, 5) is 0. The fourth-order valence-corrected chi connectivity index (χ4v) is 2.59. The Kier molecular flexibility index (Phi) is 4.76. The summed E-state index contributed by atoms with van der Waals surface area (Å²) < 4.78 is 5.65. The summed E-state index contributed by atoms with van der Waals surface area (Å²) in [6.45, 7) is 2.19. The Bertz CT molecular complexity index is 522. The van der Waals surface area contributed by atoms with E-state index in [0.29, 0.717) is 27.8 Å². The summed E-state index contributed by atoms with van der Waals surface area (Å²) in [5, 5.41) is 20.8. The van der Waals surface area contributed by atoms with Crippen LogP contribution in [0, 0.1) is 0 Å². The van der Waals surface area contributed by atoms with Crippen LogP contribution in [0.4, 0.5) is 0 Å². The van der Waals surface area contributed by atoms with Gasteiger partial charge in [0.25, 0.3) is 0 Å². The van der Waals surface area contributed by atoms with E-state index < -0.39 is 6.10 Å². The third kappa shape index (κ3) is 2.85. The molecule has 106 valence electrons. The van der Waals surface area contributed by atoms with Crippen molar-refractivity contribution in [3.05, 3.63) is 57.6 Å². The van der Waals surface area contributed by atoms with Gasteiger partial charge in [0.2, 0.25) is 0 Å². The van der Waals surface area contributed by atoms with Crippen LogP contribution in [0.5, 0.6) is 11.5 Å². The number of hydrogen-bond donors (Lipinski definition) is 2. The molecule has 2 rings (SSSR count). The normalized spacial score (nSPS) is 11.0. The van der Waals surface area contributed by atoms with E-state index in [-0.39, 0.29) is 11.5 Å². The smallest absolute Gasteiger partial charge is 0.123 e. The summed E-state index contributed by atoms with van der Waals surface area (Å²) >= 11 is 12.3. The Morgan fingerprint density at radius 1 is 0.950 bits per heavy atom. The quantitative estimate of drug-likeness (QED) is 0.872. The highest BCUT2D eigenvalue weighted by Crippen LogP contribution is 2.43. The number of ether oxygens (including phenoxy) is 1. The zero-order valence-electron chi connectivity index (χ0n) is 10.8. The molecule has 0 radical (unpaired) electrons. The second-order valence-electron chi connectivity index (χ2n) is 4.18. The van der Waals surface area contributed by atoms with Crippen molar-refractivity contribution in [3.8, 4) is 11.5 Å². The maximum Gasteiger partial charge on any atom is 0.123 e. The molecule has 0 unspecified atom stereocenters. The molecule has 0 fully saturated rings. The van der Waals surface area contributed by atoms with Crippen LogP contribution in [-0.4, -0.2) is 16.8 Å². The Labute approximate surface area is 127 Å². The molecule has 2 aromatic rings. The lowest BCUT2D eigenvalue weighted by atomic mass is 9.99. The molecule has 0 aliphatic rings. The van der Waals surface area contributed by atoms with Gasteiger partial charge in [-0.1, -0.05) is 35.3 Å². The summed E-state index contributed by atoms with van der Waals surface area (Å²) in [6, 6.07) is 9.60. The SMILES string of the molecule is CCOC(c1c(O)cccc1Cl)c1c(O)cccc1Cl. The number of rotatable bonds is 4.